The number of β-amino-alcohol motifs (C(OH)–C–C–N with tert-alkyl or cyclic N) is 1. The third-order valence-corrected chi connectivity index (χ3v) is 5.51. The van der Waals surface area contributed by atoms with E-state index in [9.17, 15) is 18.3 Å². The Labute approximate surface area is 102 Å². The summed E-state index contributed by atoms with van der Waals surface area (Å²) in [6.07, 6.45) is -0.289. The third kappa shape index (κ3) is 2.21. The molecule has 0 radical (unpaired) electrons. The van der Waals surface area contributed by atoms with E-state index >= 15 is 0 Å². The maximum absolute atomic E-state index is 12.1. The number of carboxylic acid groups (broad SMARTS) is 1. The summed E-state index contributed by atoms with van der Waals surface area (Å²) in [5.74, 6) is -1.25. The lowest BCUT2D eigenvalue weighted by atomic mass is 10.3. The van der Waals surface area contributed by atoms with Crippen molar-refractivity contribution in [2.75, 3.05) is 13.1 Å². The summed E-state index contributed by atoms with van der Waals surface area (Å²) < 4.78 is 25.4. The van der Waals surface area contributed by atoms with Gasteiger partial charge in [0.05, 0.1) is 6.10 Å². The predicted octanol–water partition coefficient (Wildman–Crippen LogP) is 0.202. The Kier molecular flexibility index (Phi) is 3.21. The predicted molar refractivity (Wildman–Crippen MR) is 60.7 cm³/mol. The van der Waals surface area contributed by atoms with Crippen molar-refractivity contribution in [1.82, 2.24) is 4.31 Å². The van der Waals surface area contributed by atoms with Crippen LogP contribution in [0.25, 0.3) is 0 Å². The molecule has 94 valence electrons. The van der Waals surface area contributed by atoms with Crippen LogP contribution in [-0.4, -0.2) is 48.1 Å². The molecule has 1 aromatic rings. The number of thiophene rings is 1. The summed E-state index contributed by atoms with van der Waals surface area (Å²) in [4.78, 5) is 10.5. The first kappa shape index (κ1) is 12.5. The van der Waals surface area contributed by atoms with Crippen molar-refractivity contribution in [3.63, 3.8) is 0 Å². The average molecular weight is 277 g/mol. The molecule has 0 aromatic carbocycles. The maximum Gasteiger partial charge on any atom is 0.347 e. The van der Waals surface area contributed by atoms with Gasteiger partial charge in [-0.3, -0.25) is 0 Å². The molecule has 17 heavy (non-hydrogen) atoms. The average Bonchev–Trinajstić information content (AvgIpc) is 2.84. The molecular formula is C9H11NO5S2. The molecule has 0 unspecified atom stereocenters. The number of carboxylic acids is 1. The van der Waals surface area contributed by atoms with Crippen molar-refractivity contribution < 1.29 is 23.4 Å². The second-order valence-corrected chi connectivity index (χ2v) is 6.55. The lowest BCUT2D eigenvalue weighted by Crippen LogP contribution is -2.30. The Balaban J connectivity index is 2.38. The molecule has 0 spiro atoms. The monoisotopic (exact) mass is 277 g/mol. The zero-order valence-corrected chi connectivity index (χ0v) is 10.4. The van der Waals surface area contributed by atoms with Gasteiger partial charge in [0, 0.05) is 13.1 Å². The number of aliphatic hydroxyl groups is 1. The first-order chi connectivity index (χ1) is 7.93. The largest absolute Gasteiger partial charge is 0.477 e. The van der Waals surface area contributed by atoms with Gasteiger partial charge in [0.25, 0.3) is 0 Å². The van der Waals surface area contributed by atoms with Crippen molar-refractivity contribution in [2.24, 2.45) is 0 Å². The molecule has 6 nitrogen and oxygen atoms in total. The van der Waals surface area contributed by atoms with E-state index in [-0.39, 0.29) is 22.9 Å². The standard InChI is InChI=1S/C9H11NO5S2/c11-6-1-3-10(5-6)17(14,15)7-2-4-16-8(7)9(12)13/h2,4,6,11H,1,3,5H2,(H,12,13)/t6-/m0/s1. The van der Waals surface area contributed by atoms with Gasteiger partial charge in [-0.25, -0.2) is 13.2 Å². The van der Waals surface area contributed by atoms with Crippen molar-refractivity contribution >= 4 is 27.3 Å². The molecule has 8 heteroatoms. The number of sulfonamides is 1. The first-order valence-corrected chi connectivity index (χ1v) is 7.24. The zero-order valence-electron chi connectivity index (χ0n) is 8.74. The van der Waals surface area contributed by atoms with Gasteiger partial charge >= 0.3 is 5.97 Å². The summed E-state index contributed by atoms with van der Waals surface area (Å²) in [5, 5.41) is 19.6. The zero-order chi connectivity index (χ0) is 12.6. The first-order valence-electron chi connectivity index (χ1n) is 4.92. The molecule has 1 aliphatic rings. The molecular weight excluding hydrogens is 266 g/mol. The topological polar surface area (TPSA) is 94.9 Å². The lowest BCUT2D eigenvalue weighted by molar-refractivity contribution is 0.0698. The number of nitrogens with zero attached hydrogens (tertiary/aromatic N) is 1. The molecule has 1 aliphatic heterocycles. The molecule has 2 rings (SSSR count). The molecule has 1 aromatic heterocycles. The van der Waals surface area contributed by atoms with Gasteiger partial charge in [-0.05, 0) is 17.9 Å². The Hall–Kier alpha value is -0.960. The highest BCUT2D eigenvalue weighted by atomic mass is 32.2. The van der Waals surface area contributed by atoms with E-state index in [1.54, 1.807) is 0 Å². The fourth-order valence-corrected chi connectivity index (χ4v) is 4.45. The second kappa shape index (κ2) is 4.37. The molecule has 2 N–H and O–H groups in total. The Morgan fingerprint density at radius 2 is 2.24 bits per heavy atom. The molecule has 0 bridgehead atoms. The van der Waals surface area contributed by atoms with E-state index in [0.717, 1.165) is 15.6 Å². The van der Waals surface area contributed by atoms with Crippen molar-refractivity contribution in [1.29, 1.82) is 0 Å². The van der Waals surface area contributed by atoms with Crippen LogP contribution in [0.5, 0.6) is 0 Å². The van der Waals surface area contributed by atoms with Gasteiger partial charge in [-0.1, -0.05) is 0 Å². The quantitative estimate of drug-likeness (QED) is 0.823. The Bertz CT molecular complexity index is 535. The van der Waals surface area contributed by atoms with Crippen molar-refractivity contribution in [3.05, 3.63) is 16.3 Å². The number of hydrogen-bond acceptors (Lipinski definition) is 5. The Morgan fingerprint density at radius 1 is 1.53 bits per heavy atom. The van der Waals surface area contributed by atoms with Crippen LogP contribution in [0.4, 0.5) is 0 Å². The molecule has 2 heterocycles. The van der Waals surface area contributed by atoms with Crippen LogP contribution in [0.15, 0.2) is 16.3 Å². The summed E-state index contributed by atoms with van der Waals surface area (Å²) in [7, 11) is -3.80. The van der Waals surface area contributed by atoms with Crippen LogP contribution in [0.3, 0.4) is 0 Å². The molecule has 1 fully saturated rings. The summed E-state index contributed by atoms with van der Waals surface area (Å²) in [6.45, 7) is 0.246. The number of aliphatic hydroxyl groups excluding tert-OH is 1. The lowest BCUT2D eigenvalue weighted by Gasteiger charge is -2.15. The van der Waals surface area contributed by atoms with E-state index in [2.05, 4.69) is 0 Å². The normalized spacial score (nSPS) is 21.8. The summed E-state index contributed by atoms with van der Waals surface area (Å²) in [5.41, 5.74) is 0. The molecule has 1 saturated heterocycles. The van der Waals surface area contributed by atoms with Gasteiger partial charge in [-0.15, -0.1) is 11.3 Å². The van der Waals surface area contributed by atoms with Gasteiger partial charge in [0.1, 0.15) is 9.77 Å². The minimum atomic E-state index is -3.80. The van der Waals surface area contributed by atoms with Crippen LogP contribution in [0, 0.1) is 0 Å². The van der Waals surface area contributed by atoms with E-state index in [1.165, 1.54) is 11.4 Å². The van der Waals surface area contributed by atoms with Gasteiger partial charge in [-0.2, -0.15) is 4.31 Å². The number of hydrogen-bond donors (Lipinski definition) is 2. The number of carbonyl (C=O) groups is 1. The van der Waals surface area contributed by atoms with Gasteiger partial charge < -0.3 is 10.2 Å². The highest BCUT2D eigenvalue weighted by Gasteiger charge is 2.34. The van der Waals surface area contributed by atoms with Crippen molar-refractivity contribution in [3.8, 4) is 0 Å². The fourth-order valence-electron chi connectivity index (χ4n) is 1.72. The maximum atomic E-state index is 12.1. The molecule has 1 atom stereocenters. The summed E-state index contributed by atoms with van der Waals surface area (Å²) >= 11 is 0.876. The van der Waals surface area contributed by atoms with Crippen LogP contribution < -0.4 is 0 Å². The molecule has 0 aliphatic carbocycles. The van der Waals surface area contributed by atoms with Gasteiger partial charge in [0.2, 0.25) is 10.0 Å². The third-order valence-electron chi connectivity index (χ3n) is 2.57. The fraction of sp³-hybridized carbons (Fsp3) is 0.444. The highest BCUT2D eigenvalue weighted by molar-refractivity contribution is 7.89. The summed E-state index contributed by atoms with van der Waals surface area (Å²) in [6, 6.07) is 1.29. The van der Waals surface area contributed by atoms with Crippen LogP contribution >= 0.6 is 11.3 Å². The minimum Gasteiger partial charge on any atom is -0.477 e. The van der Waals surface area contributed by atoms with E-state index in [1.807, 2.05) is 0 Å². The molecule has 0 amide bonds. The smallest absolute Gasteiger partial charge is 0.347 e. The van der Waals surface area contributed by atoms with E-state index in [4.69, 9.17) is 5.11 Å². The van der Waals surface area contributed by atoms with Crippen LogP contribution in [0.1, 0.15) is 16.1 Å². The van der Waals surface area contributed by atoms with Crippen LogP contribution in [-0.2, 0) is 10.0 Å². The van der Waals surface area contributed by atoms with Crippen molar-refractivity contribution in [2.45, 2.75) is 17.4 Å². The van der Waals surface area contributed by atoms with Gasteiger partial charge in [0.15, 0.2) is 0 Å². The highest BCUT2D eigenvalue weighted by Crippen LogP contribution is 2.27. The van der Waals surface area contributed by atoms with Crippen LogP contribution in [0.2, 0.25) is 0 Å². The second-order valence-electron chi connectivity index (χ2n) is 3.72. The number of rotatable bonds is 3. The van der Waals surface area contributed by atoms with E-state index < -0.39 is 22.1 Å². The Morgan fingerprint density at radius 3 is 2.76 bits per heavy atom. The number of aromatic carboxylic acids is 1. The SMILES string of the molecule is O=C(O)c1sccc1S(=O)(=O)N1CC[C@H](O)C1. The molecule has 0 saturated carbocycles. The minimum absolute atomic E-state index is 0.0250. The van der Waals surface area contributed by atoms with E-state index in [0.29, 0.717) is 6.42 Å².